The molecule has 0 heterocycles. The summed E-state index contributed by atoms with van der Waals surface area (Å²) >= 11 is 6.22. The van der Waals surface area contributed by atoms with E-state index in [2.05, 4.69) is 0 Å². The monoisotopic (exact) mass is 302 g/mol. The predicted molar refractivity (Wildman–Crippen MR) is 86.6 cm³/mol. The predicted octanol–water partition coefficient (Wildman–Crippen LogP) is 4.98. The van der Waals surface area contributed by atoms with Gasteiger partial charge in [-0.1, -0.05) is 30.7 Å². The number of benzene rings is 2. The van der Waals surface area contributed by atoms with Crippen molar-refractivity contribution in [3.63, 3.8) is 0 Å². The smallest absolute Gasteiger partial charge is 0.194 e. The number of carbonyl (C=O) groups excluding carboxylic acids is 1. The molecule has 0 spiro atoms. The van der Waals surface area contributed by atoms with Crippen LogP contribution < -0.4 is 4.74 Å². The molecule has 0 saturated heterocycles. The molecule has 0 radical (unpaired) electrons. The standard InChI is InChI=1S/C18H19ClO2/c1-4-8-21-15-7-5-6-14(11-15)18(20)16-9-12(2)13(3)10-17(16)19/h5-7,9-11H,4,8H2,1-3H3. The van der Waals surface area contributed by atoms with Gasteiger partial charge < -0.3 is 4.74 Å². The first kappa shape index (κ1) is 15.6. The van der Waals surface area contributed by atoms with Crippen molar-refractivity contribution < 1.29 is 9.53 Å². The topological polar surface area (TPSA) is 26.3 Å². The van der Waals surface area contributed by atoms with E-state index in [4.69, 9.17) is 16.3 Å². The molecule has 0 aromatic heterocycles. The normalized spacial score (nSPS) is 10.5. The Hall–Kier alpha value is -1.80. The van der Waals surface area contributed by atoms with Crippen LogP contribution >= 0.6 is 11.6 Å². The molecule has 3 heteroatoms. The molecule has 0 saturated carbocycles. The van der Waals surface area contributed by atoms with E-state index in [9.17, 15) is 4.79 Å². The molecule has 0 N–H and O–H groups in total. The third kappa shape index (κ3) is 3.64. The minimum absolute atomic E-state index is 0.0787. The fourth-order valence-corrected chi connectivity index (χ4v) is 2.36. The van der Waals surface area contributed by atoms with Crippen molar-refractivity contribution in [1.29, 1.82) is 0 Å². The highest BCUT2D eigenvalue weighted by atomic mass is 35.5. The van der Waals surface area contributed by atoms with Crippen molar-refractivity contribution in [3.8, 4) is 5.75 Å². The summed E-state index contributed by atoms with van der Waals surface area (Å²) in [5.74, 6) is 0.632. The molecule has 110 valence electrons. The van der Waals surface area contributed by atoms with Crippen LogP contribution in [0.2, 0.25) is 5.02 Å². The summed E-state index contributed by atoms with van der Waals surface area (Å²) in [5, 5.41) is 0.489. The zero-order chi connectivity index (χ0) is 15.4. The first-order chi connectivity index (χ1) is 10.0. The summed E-state index contributed by atoms with van der Waals surface area (Å²) in [6.07, 6.45) is 0.932. The van der Waals surface area contributed by atoms with Crippen LogP contribution in [-0.4, -0.2) is 12.4 Å². The van der Waals surface area contributed by atoms with E-state index in [0.29, 0.717) is 28.5 Å². The number of ether oxygens (including phenoxy) is 1. The second-order valence-corrected chi connectivity index (χ2v) is 5.53. The molecule has 0 aliphatic carbocycles. The van der Waals surface area contributed by atoms with Gasteiger partial charge in [0, 0.05) is 11.1 Å². The van der Waals surface area contributed by atoms with Crippen LogP contribution in [0.5, 0.6) is 5.75 Å². The lowest BCUT2D eigenvalue weighted by Gasteiger charge is -2.09. The lowest BCUT2D eigenvalue weighted by atomic mass is 9.99. The fourth-order valence-electron chi connectivity index (χ4n) is 2.06. The van der Waals surface area contributed by atoms with Crippen molar-refractivity contribution in [2.75, 3.05) is 6.61 Å². The quantitative estimate of drug-likeness (QED) is 0.728. The maximum atomic E-state index is 12.6. The van der Waals surface area contributed by atoms with Crippen molar-refractivity contribution >= 4 is 17.4 Å². The highest BCUT2D eigenvalue weighted by Crippen LogP contribution is 2.25. The van der Waals surface area contributed by atoms with E-state index in [0.717, 1.165) is 17.5 Å². The number of carbonyl (C=O) groups is 1. The Balaban J connectivity index is 2.34. The van der Waals surface area contributed by atoms with Gasteiger partial charge in [0.2, 0.25) is 0 Å². The molecule has 0 unspecified atom stereocenters. The summed E-state index contributed by atoms with van der Waals surface area (Å²) in [4.78, 5) is 12.6. The van der Waals surface area contributed by atoms with Gasteiger partial charge in [-0.25, -0.2) is 0 Å². The number of hydrogen-bond donors (Lipinski definition) is 0. The molecule has 0 amide bonds. The largest absolute Gasteiger partial charge is 0.494 e. The Morgan fingerprint density at radius 1 is 1.14 bits per heavy atom. The Morgan fingerprint density at radius 3 is 2.57 bits per heavy atom. The third-order valence-corrected chi connectivity index (χ3v) is 3.71. The number of halogens is 1. The molecule has 0 bridgehead atoms. The van der Waals surface area contributed by atoms with Gasteiger partial charge in [0.25, 0.3) is 0 Å². The van der Waals surface area contributed by atoms with Crippen molar-refractivity contribution in [3.05, 3.63) is 63.7 Å². The van der Waals surface area contributed by atoms with Gasteiger partial charge in [-0.3, -0.25) is 4.79 Å². The molecule has 2 nitrogen and oxygen atoms in total. The van der Waals surface area contributed by atoms with Crippen LogP contribution in [0.25, 0.3) is 0 Å². The van der Waals surface area contributed by atoms with E-state index in [1.807, 2.05) is 45.0 Å². The van der Waals surface area contributed by atoms with E-state index < -0.39 is 0 Å². The second-order valence-electron chi connectivity index (χ2n) is 5.12. The minimum Gasteiger partial charge on any atom is -0.494 e. The van der Waals surface area contributed by atoms with E-state index in [-0.39, 0.29) is 5.78 Å². The molecular weight excluding hydrogens is 284 g/mol. The van der Waals surface area contributed by atoms with Gasteiger partial charge in [-0.15, -0.1) is 0 Å². The average Bonchev–Trinajstić information content (AvgIpc) is 2.48. The van der Waals surface area contributed by atoms with Gasteiger partial charge in [0.15, 0.2) is 5.78 Å². The maximum absolute atomic E-state index is 12.6. The molecule has 0 aliphatic heterocycles. The Labute approximate surface area is 130 Å². The van der Waals surface area contributed by atoms with Crippen LogP contribution in [0.15, 0.2) is 36.4 Å². The van der Waals surface area contributed by atoms with Crippen LogP contribution in [0, 0.1) is 13.8 Å². The summed E-state index contributed by atoms with van der Waals surface area (Å²) in [6, 6.07) is 10.9. The van der Waals surface area contributed by atoms with E-state index in [1.165, 1.54) is 0 Å². The second kappa shape index (κ2) is 6.77. The van der Waals surface area contributed by atoms with Gasteiger partial charge >= 0.3 is 0 Å². The number of rotatable bonds is 5. The summed E-state index contributed by atoms with van der Waals surface area (Å²) < 4.78 is 5.57. The Bertz CT molecular complexity index is 662. The van der Waals surface area contributed by atoms with Crippen LogP contribution in [0.1, 0.15) is 40.4 Å². The summed E-state index contributed by atoms with van der Waals surface area (Å²) in [7, 11) is 0. The van der Waals surface area contributed by atoms with Crippen LogP contribution in [0.3, 0.4) is 0 Å². The number of aryl methyl sites for hydroxylation is 2. The number of ketones is 1. The Kier molecular flexibility index (Phi) is 5.03. The molecule has 2 aromatic rings. The van der Waals surface area contributed by atoms with Gasteiger partial charge in [0.05, 0.1) is 11.6 Å². The van der Waals surface area contributed by atoms with Crippen LogP contribution in [-0.2, 0) is 0 Å². The fraction of sp³-hybridized carbons (Fsp3) is 0.278. The maximum Gasteiger partial charge on any atom is 0.194 e. The van der Waals surface area contributed by atoms with Crippen molar-refractivity contribution in [2.24, 2.45) is 0 Å². The first-order valence-electron chi connectivity index (χ1n) is 7.07. The van der Waals surface area contributed by atoms with Crippen LogP contribution in [0.4, 0.5) is 0 Å². The summed E-state index contributed by atoms with van der Waals surface area (Å²) in [5.41, 5.74) is 3.26. The van der Waals surface area contributed by atoms with Crippen molar-refractivity contribution in [1.82, 2.24) is 0 Å². The SMILES string of the molecule is CCCOc1cccc(C(=O)c2cc(C)c(C)cc2Cl)c1. The number of hydrogen-bond acceptors (Lipinski definition) is 2. The summed E-state index contributed by atoms with van der Waals surface area (Å²) in [6.45, 7) is 6.64. The van der Waals surface area contributed by atoms with Gasteiger partial charge in [-0.05, 0) is 55.7 Å². The molecule has 21 heavy (non-hydrogen) atoms. The van der Waals surface area contributed by atoms with E-state index >= 15 is 0 Å². The zero-order valence-corrected chi connectivity index (χ0v) is 13.3. The lowest BCUT2D eigenvalue weighted by molar-refractivity contribution is 0.103. The van der Waals surface area contributed by atoms with Crippen molar-refractivity contribution in [2.45, 2.75) is 27.2 Å². The molecule has 0 atom stereocenters. The third-order valence-electron chi connectivity index (χ3n) is 3.40. The van der Waals surface area contributed by atoms with Gasteiger partial charge in [-0.2, -0.15) is 0 Å². The lowest BCUT2D eigenvalue weighted by Crippen LogP contribution is -2.04. The highest BCUT2D eigenvalue weighted by molar-refractivity contribution is 6.35. The molecule has 2 rings (SSSR count). The van der Waals surface area contributed by atoms with Gasteiger partial charge in [0.1, 0.15) is 5.75 Å². The first-order valence-corrected chi connectivity index (χ1v) is 7.45. The van der Waals surface area contributed by atoms with E-state index in [1.54, 1.807) is 12.1 Å². The Morgan fingerprint density at radius 2 is 1.86 bits per heavy atom. The zero-order valence-electron chi connectivity index (χ0n) is 12.6. The molecular formula is C18H19ClO2. The highest BCUT2D eigenvalue weighted by Gasteiger charge is 2.14. The molecule has 2 aromatic carbocycles. The molecule has 0 aliphatic rings. The molecule has 0 fully saturated rings. The minimum atomic E-state index is -0.0787. The average molecular weight is 303 g/mol.